The lowest BCUT2D eigenvalue weighted by Crippen LogP contribution is -2.38. The molecule has 3 rings (SSSR count). The molecule has 0 aliphatic carbocycles. The van der Waals surface area contributed by atoms with Gasteiger partial charge in [0.15, 0.2) is 0 Å². The van der Waals surface area contributed by atoms with Crippen LogP contribution in [0.5, 0.6) is 0 Å². The number of halogens is 1. The van der Waals surface area contributed by atoms with E-state index in [2.05, 4.69) is 5.32 Å². The van der Waals surface area contributed by atoms with Crippen LogP contribution < -0.4 is 5.32 Å². The van der Waals surface area contributed by atoms with E-state index < -0.39 is 0 Å². The Kier molecular flexibility index (Phi) is 4.64. The molecule has 0 unspecified atom stereocenters. The molecule has 0 fully saturated rings. The number of hydrogen-bond donors (Lipinski definition) is 1. The maximum absolute atomic E-state index is 12.9. The minimum absolute atomic E-state index is 0.223. The maximum atomic E-state index is 12.9. The lowest BCUT2D eigenvalue weighted by Gasteiger charge is -2.19. The summed E-state index contributed by atoms with van der Waals surface area (Å²) in [6, 6.07) is 14.5. The van der Waals surface area contributed by atoms with E-state index in [1.54, 1.807) is 6.07 Å². The van der Waals surface area contributed by atoms with Crippen molar-refractivity contribution in [2.45, 2.75) is 26.8 Å². The quantitative estimate of drug-likeness (QED) is 0.835. The highest BCUT2D eigenvalue weighted by Gasteiger charge is 2.40. The van der Waals surface area contributed by atoms with Gasteiger partial charge in [-0.3, -0.25) is 14.5 Å². The monoisotopic (exact) mass is 354 g/mol. The molecule has 2 aromatic carbocycles. The number of carbonyl (C=O) groups is 2. The van der Waals surface area contributed by atoms with Crippen LogP contribution in [0.15, 0.2) is 54.2 Å². The van der Waals surface area contributed by atoms with E-state index in [-0.39, 0.29) is 23.6 Å². The van der Waals surface area contributed by atoms with Gasteiger partial charge in [-0.05, 0) is 44.0 Å². The van der Waals surface area contributed by atoms with Gasteiger partial charge >= 0.3 is 0 Å². The number of carbonyl (C=O) groups excluding carboxylic acids is 2. The SMILES string of the molecule is Cc1ccc(NC2=C(c3ccccc3)C(=O)N(C(C)C)C2=O)cc1Cl. The summed E-state index contributed by atoms with van der Waals surface area (Å²) in [5.41, 5.74) is 3.00. The third-order valence-electron chi connectivity index (χ3n) is 4.14. The van der Waals surface area contributed by atoms with Crippen molar-refractivity contribution in [1.29, 1.82) is 0 Å². The van der Waals surface area contributed by atoms with Gasteiger partial charge in [0.2, 0.25) is 0 Å². The molecule has 1 aliphatic heterocycles. The molecule has 0 bridgehead atoms. The fraction of sp³-hybridized carbons (Fsp3) is 0.200. The van der Waals surface area contributed by atoms with Crippen LogP contribution in [0, 0.1) is 6.92 Å². The standard InChI is InChI=1S/C20H19ClN2O2/c1-12(2)23-19(24)17(14-7-5-4-6-8-14)18(20(23)25)22-15-10-9-13(3)16(21)11-15/h4-12,22H,1-3H3. The van der Waals surface area contributed by atoms with Crippen molar-refractivity contribution in [2.75, 3.05) is 5.32 Å². The number of amides is 2. The largest absolute Gasteiger partial charge is 0.350 e. The number of aryl methyl sites for hydroxylation is 1. The molecule has 4 nitrogen and oxygen atoms in total. The first-order valence-electron chi connectivity index (χ1n) is 8.11. The summed E-state index contributed by atoms with van der Waals surface area (Å²) >= 11 is 6.18. The molecule has 2 amide bonds. The Balaban J connectivity index is 2.09. The average Bonchev–Trinajstić information content (AvgIpc) is 2.82. The molecule has 128 valence electrons. The summed E-state index contributed by atoms with van der Waals surface area (Å²) in [6.45, 7) is 5.56. The van der Waals surface area contributed by atoms with Gasteiger partial charge in [0.1, 0.15) is 5.70 Å². The second kappa shape index (κ2) is 6.73. The van der Waals surface area contributed by atoms with Gasteiger partial charge in [-0.25, -0.2) is 0 Å². The average molecular weight is 355 g/mol. The molecule has 2 aromatic rings. The van der Waals surface area contributed by atoms with E-state index >= 15 is 0 Å². The summed E-state index contributed by atoms with van der Waals surface area (Å²) < 4.78 is 0. The lowest BCUT2D eigenvalue weighted by atomic mass is 10.0. The van der Waals surface area contributed by atoms with Gasteiger partial charge in [-0.15, -0.1) is 0 Å². The van der Waals surface area contributed by atoms with E-state index in [1.807, 2.05) is 63.2 Å². The number of anilines is 1. The molecule has 0 aromatic heterocycles. The molecule has 0 radical (unpaired) electrons. The van der Waals surface area contributed by atoms with Crippen LogP contribution in [0.25, 0.3) is 5.57 Å². The molecule has 1 heterocycles. The first-order valence-corrected chi connectivity index (χ1v) is 8.48. The zero-order valence-corrected chi connectivity index (χ0v) is 15.1. The van der Waals surface area contributed by atoms with Gasteiger partial charge < -0.3 is 5.32 Å². The molecule has 5 heteroatoms. The Labute approximate surface area is 152 Å². The van der Waals surface area contributed by atoms with Crippen LogP contribution >= 0.6 is 11.6 Å². The van der Waals surface area contributed by atoms with Crippen molar-refractivity contribution in [3.05, 3.63) is 70.4 Å². The van der Waals surface area contributed by atoms with Gasteiger partial charge in [-0.1, -0.05) is 48.0 Å². The fourth-order valence-electron chi connectivity index (χ4n) is 2.82. The number of imide groups is 1. The normalized spacial score (nSPS) is 14.7. The topological polar surface area (TPSA) is 49.4 Å². The van der Waals surface area contributed by atoms with Crippen LogP contribution in [-0.2, 0) is 9.59 Å². The zero-order chi connectivity index (χ0) is 18.1. The van der Waals surface area contributed by atoms with E-state index in [0.717, 1.165) is 5.56 Å². The van der Waals surface area contributed by atoms with E-state index in [1.165, 1.54) is 4.90 Å². The van der Waals surface area contributed by atoms with E-state index in [0.29, 0.717) is 21.8 Å². The number of hydrogen-bond acceptors (Lipinski definition) is 3. The molecule has 0 saturated carbocycles. The summed E-state index contributed by atoms with van der Waals surface area (Å²) in [4.78, 5) is 27.0. The highest BCUT2D eigenvalue weighted by Crippen LogP contribution is 2.32. The molecular formula is C20H19ClN2O2. The highest BCUT2D eigenvalue weighted by atomic mass is 35.5. The summed E-state index contributed by atoms with van der Waals surface area (Å²) in [5, 5.41) is 3.71. The minimum atomic E-state index is -0.324. The number of nitrogens with zero attached hydrogens (tertiary/aromatic N) is 1. The van der Waals surface area contributed by atoms with Gasteiger partial charge in [0, 0.05) is 16.8 Å². The van der Waals surface area contributed by atoms with Crippen molar-refractivity contribution in [2.24, 2.45) is 0 Å². The second-order valence-electron chi connectivity index (χ2n) is 6.28. The van der Waals surface area contributed by atoms with Crippen molar-refractivity contribution in [3.8, 4) is 0 Å². The fourth-order valence-corrected chi connectivity index (χ4v) is 3.00. The molecule has 0 atom stereocenters. The summed E-state index contributed by atoms with van der Waals surface area (Å²) in [6.07, 6.45) is 0. The number of nitrogens with one attached hydrogen (secondary N) is 1. The van der Waals surface area contributed by atoms with Crippen LogP contribution in [0.4, 0.5) is 5.69 Å². The molecule has 1 aliphatic rings. The third kappa shape index (κ3) is 3.17. The van der Waals surface area contributed by atoms with Crippen molar-refractivity contribution in [1.82, 2.24) is 4.90 Å². The van der Waals surface area contributed by atoms with Gasteiger partial charge in [0.05, 0.1) is 5.57 Å². The maximum Gasteiger partial charge on any atom is 0.278 e. The smallest absolute Gasteiger partial charge is 0.278 e. The molecule has 1 N–H and O–H groups in total. The van der Waals surface area contributed by atoms with Crippen LogP contribution in [-0.4, -0.2) is 22.8 Å². The first-order chi connectivity index (χ1) is 11.9. The molecular weight excluding hydrogens is 336 g/mol. The predicted molar refractivity (Wildman–Crippen MR) is 100 cm³/mol. The van der Waals surface area contributed by atoms with Crippen LogP contribution in [0.1, 0.15) is 25.0 Å². The van der Waals surface area contributed by atoms with Crippen molar-refractivity contribution < 1.29 is 9.59 Å². The second-order valence-corrected chi connectivity index (χ2v) is 6.69. The summed E-state index contributed by atoms with van der Waals surface area (Å²) in [5.74, 6) is -0.609. The molecule has 25 heavy (non-hydrogen) atoms. The van der Waals surface area contributed by atoms with Crippen LogP contribution in [0.3, 0.4) is 0 Å². The van der Waals surface area contributed by atoms with Gasteiger partial charge in [0.25, 0.3) is 11.8 Å². The van der Waals surface area contributed by atoms with Crippen molar-refractivity contribution >= 4 is 34.7 Å². The Bertz CT molecular complexity index is 873. The highest BCUT2D eigenvalue weighted by molar-refractivity contribution is 6.36. The number of benzene rings is 2. The Morgan fingerprint density at radius 3 is 2.28 bits per heavy atom. The van der Waals surface area contributed by atoms with Crippen LogP contribution in [0.2, 0.25) is 5.02 Å². The number of rotatable bonds is 4. The Morgan fingerprint density at radius 2 is 1.68 bits per heavy atom. The molecule has 0 spiro atoms. The predicted octanol–water partition coefficient (Wildman–Crippen LogP) is 4.25. The third-order valence-corrected chi connectivity index (χ3v) is 4.54. The van der Waals surface area contributed by atoms with Crippen molar-refractivity contribution in [3.63, 3.8) is 0 Å². The van der Waals surface area contributed by atoms with Gasteiger partial charge in [-0.2, -0.15) is 0 Å². The molecule has 0 saturated heterocycles. The minimum Gasteiger partial charge on any atom is -0.350 e. The zero-order valence-electron chi connectivity index (χ0n) is 14.3. The first kappa shape index (κ1) is 17.2. The van der Waals surface area contributed by atoms with E-state index in [4.69, 9.17) is 11.6 Å². The lowest BCUT2D eigenvalue weighted by molar-refractivity contribution is -0.138. The Morgan fingerprint density at radius 1 is 1.00 bits per heavy atom. The Hall–Kier alpha value is -2.59. The van der Waals surface area contributed by atoms with E-state index in [9.17, 15) is 9.59 Å². The summed E-state index contributed by atoms with van der Waals surface area (Å²) in [7, 11) is 0.